The number of nitrogens with zero attached hydrogens (tertiary/aromatic N) is 6. The van der Waals surface area contributed by atoms with Crippen LogP contribution in [-0.4, -0.2) is 94.9 Å². The maximum atomic E-state index is 13.8. The third-order valence-corrected chi connectivity index (χ3v) is 10.2. The SMILES string of the molecule is COCC(C)(C)c1nnc2ccc(O[C@@H]3CC[C@H](NC(=O)NC4=CC(C(C)(C)C)=NCN4CC(C)(C)N4CC(OC)C4)c4ccccc43)cn12. The lowest BCUT2D eigenvalue weighted by molar-refractivity contribution is -0.0814. The number of aromatic nitrogens is 3. The highest BCUT2D eigenvalue weighted by atomic mass is 16.5. The molecular weight excluding hydrogens is 632 g/mol. The maximum absolute atomic E-state index is 13.8. The molecular formula is C38H54N8O4. The van der Waals surface area contributed by atoms with E-state index in [9.17, 15) is 4.79 Å². The fourth-order valence-electron chi connectivity index (χ4n) is 7.18. The van der Waals surface area contributed by atoms with Crippen LogP contribution in [0.1, 0.15) is 90.4 Å². The molecule has 270 valence electrons. The van der Waals surface area contributed by atoms with Gasteiger partial charge in [0.15, 0.2) is 5.65 Å². The molecule has 1 fully saturated rings. The second kappa shape index (κ2) is 14.0. The van der Waals surface area contributed by atoms with Gasteiger partial charge in [-0.15, -0.1) is 10.2 Å². The molecule has 3 aliphatic rings. The second-order valence-electron chi connectivity index (χ2n) is 16.1. The van der Waals surface area contributed by atoms with Crippen LogP contribution < -0.4 is 15.4 Å². The van der Waals surface area contributed by atoms with Crippen LogP contribution in [0, 0.1) is 5.41 Å². The van der Waals surface area contributed by atoms with E-state index in [1.54, 1.807) is 14.2 Å². The number of hydrogen-bond donors (Lipinski definition) is 2. The summed E-state index contributed by atoms with van der Waals surface area (Å²) in [5, 5.41) is 15.3. The number of carbonyl (C=O) groups excluding carboxylic acids is 1. The fourth-order valence-corrected chi connectivity index (χ4v) is 7.18. The minimum Gasteiger partial charge on any atom is -0.484 e. The first-order valence-electron chi connectivity index (χ1n) is 17.6. The number of urea groups is 1. The molecule has 12 nitrogen and oxygen atoms in total. The molecule has 12 heteroatoms. The first kappa shape index (κ1) is 35.8. The van der Waals surface area contributed by atoms with E-state index >= 15 is 0 Å². The highest BCUT2D eigenvalue weighted by Gasteiger charge is 2.40. The summed E-state index contributed by atoms with van der Waals surface area (Å²) in [5.41, 5.74) is 3.25. The van der Waals surface area contributed by atoms with E-state index < -0.39 is 0 Å². The van der Waals surface area contributed by atoms with Crippen LogP contribution in [-0.2, 0) is 14.9 Å². The Morgan fingerprint density at radius 2 is 1.70 bits per heavy atom. The van der Waals surface area contributed by atoms with Crippen LogP contribution >= 0.6 is 0 Å². The lowest BCUT2D eigenvalue weighted by atomic mass is 9.85. The van der Waals surface area contributed by atoms with Crippen LogP contribution in [0.15, 0.2) is 59.5 Å². The number of hydrogen-bond acceptors (Lipinski definition) is 9. The smallest absolute Gasteiger partial charge is 0.320 e. The zero-order valence-electron chi connectivity index (χ0n) is 31.1. The molecule has 2 amide bonds. The van der Waals surface area contributed by atoms with Gasteiger partial charge in [-0.05, 0) is 49.9 Å². The zero-order chi connectivity index (χ0) is 35.8. The zero-order valence-corrected chi connectivity index (χ0v) is 31.1. The van der Waals surface area contributed by atoms with Gasteiger partial charge in [0.2, 0.25) is 0 Å². The average molecular weight is 687 g/mol. The van der Waals surface area contributed by atoms with Crippen molar-refractivity contribution in [3.8, 4) is 5.75 Å². The Morgan fingerprint density at radius 3 is 2.40 bits per heavy atom. The Morgan fingerprint density at radius 1 is 0.960 bits per heavy atom. The number of amides is 2. The van der Waals surface area contributed by atoms with Gasteiger partial charge in [0.25, 0.3) is 0 Å². The van der Waals surface area contributed by atoms with Gasteiger partial charge in [-0.2, -0.15) is 0 Å². The molecule has 1 aliphatic carbocycles. The summed E-state index contributed by atoms with van der Waals surface area (Å²) < 4.78 is 19.6. The number of rotatable bonds is 11. The number of fused-ring (bicyclic) bond motifs is 2. The lowest BCUT2D eigenvalue weighted by Crippen LogP contribution is -2.64. The molecule has 1 saturated heterocycles. The number of ether oxygens (including phenoxy) is 3. The van der Waals surface area contributed by atoms with Crippen LogP contribution in [0.5, 0.6) is 5.75 Å². The number of allylic oxidation sites excluding steroid dienone is 1. The molecule has 2 N–H and O–H groups in total. The van der Waals surface area contributed by atoms with E-state index in [1.807, 2.05) is 40.9 Å². The Labute approximate surface area is 296 Å². The molecule has 3 aromatic rings. The van der Waals surface area contributed by atoms with E-state index in [1.165, 1.54) is 0 Å². The van der Waals surface area contributed by atoms with Crippen molar-refractivity contribution in [1.82, 2.24) is 35.0 Å². The lowest BCUT2D eigenvalue weighted by Gasteiger charge is -2.50. The minimum atomic E-state index is -0.325. The normalized spacial score (nSPS) is 20.5. The van der Waals surface area contributed by atoms with E-state index in [0.29, 0.717) is 19.8 Å². The molecule has 0 radical (unpaired) electrons. The predicted molar refractivity (Wildman–Crippen MR) is 194 cm³/mol. The summed E-state index contributed by atoms with van der Waals surface area (Å²) in [5.74, 6) is 2.31. The molecule has 2 aliphatic heterocycles. The number of nitrogens with one attached hydrogen (secondary N) is 2. The quantitative estimate of drug-likeness (QED) is 0.267. The topological polar surface area (TPSA) is 118 Å². The number of carbonyl (C=O) groups is 1. The van der Waals surface area contributed by atoms with Crippen molar-refractivity contribution < 1.29 is 19.0 Å². The van der Waals surface area contributed by atoms with Crippen LogP contribution in [0.2, 0.25) is 0 Å². The second-order valence-corrected chi connectivity index (χ2v) is 16.1. The Kier molecular flexibility index (Phi) is 10.00. The molecule has 6 rings (SSSR count). The van der Waals surface area contributed by atoms with Crippen molar-refractivity contribution in [1.29, 1.82) is 0 Å². The number of methoxy groups -OCH3 is 2. The molecule has 1 aromatic carbocycles. The largest absolute Gasteiger partial charge is 0.484 e. The monoisotopic (exact) mass is 686 g/mol. The van der Waals surface area contributed by atoms with Crippen LogP contribution in [0.3, 0.4) is 0 Å². The molecule has 2 atom stereocenters. The number of likely N-dealkylation sites (tertiary alicyclic amines) is 1. The Hall–Kier alpha value is -4.00. The van der Waals surface area contributed by atoms with Gasteiger partial charge >= 0.3 is 6.03 Å². The Bertz CT molecular complexity index is 1750. The van der Waals surface area contributed by atoms with E-state index in [2.05, 4.69) is 91.2 Å². The Balaban J connectivity index is 1.16. The van der Waals surface area contributed by atoms with Gasteiger partial charge in [-0.3, -0.25) is 19.6 Å². The molecule has 2 aromatic heterocycles. The molecule has 0 saturated carbocycles. The number of aliphatic imine (C=N–C) groups is 1. The third-order valence-electron chi connectivity index (χ3n) is 10.2. The summed E-state index contributed by atoms with van der Waals surface area (Å²) in [6.45, 7) is 18.6. The van der Waals surface area contributed by atoms with Gasteiger partial charge in [0.1, 0.15) is 30.2 Å². The first-order chi connectivity index (χ1) is 23.7. The molecule has 0 unspecified atom stereocenters. The average Bonchev–Trinajstić information content (AvgIpc) is 3.46. The van der Waals surface area contributed by atoms with Gasteiger partial charge in [0.05, 0.1) is 24.9 Å². The van der Waals surface area contributed by atoms with Crippen molar-refractivity contribution >= 4 is 17.4 Å². The van der Waals surface area contributed by atoms with Gasteiger partial charge in [0, 0.05) is 62.0 Å². The van der Waals surface area contributed by atoms with E-state index in [-0.39, 0.29) is 40.6 Å². The van der Waals surface area contributed by atoms with Crippen molar-refractivity contribution in [2.45, 2.75) is 90.5 Å². The first-order valence-corrected chi connectivity index (χ1v) is 17.6. The molecule has 0 spiro atoms. The highest BCUT2D eigenvalue weighted by molar-refractivity contribution is 6.00. The van der Waals surface area contributed by atoms with E-state index in [4.69, 9.17) is 19.2 Å². The minimum absolute atomic E-state index is 0.126. The third kappa shape index (κ3) is 7.52. The summed E-state index contributed by atoms with van der Waals surface area (Å²) >= 11 is 0. The summed E-state index contributed by atoms with van der Waals surface area (Å²) in [4.78, 5) is 23.3. The van der Waals surface area contributed by atoms with Crippen molar-refractivity contribution in [3.63, 3.8) is 0 Å². The standard InChI is InChI=1S/C38H54N8O4/c1-36(2,3)31-18-33(44(24-39-31)22-38(6,7)45-19-26(20-45)49-9)41-35(47)40-29-15-16-30(28-13-11-10-12-27(28)29)50-25-14-17-32-42-43-34(46(32)21-25)37(4,5)23-48-8/h10-14,17-18,21,26,29-30H,15-16,19-20,22-24H2,1-9H3,(H2,40,41,47)/t29-,30+/m0/s1. The van der Waals surface area contributed by atoms with Crippen LogP contribution in [0.4, 0.5) is 4.79 Å². The van der Waals surface area contributed by atoms with Crippen molar-refractivity contribution in [2.24, 2.45) is 10.4 Å². The molecule has 0 bridgehead atoms. The maximum Gasteiger partial charge on any atom is 0.320 e. The van der Waals surface area contributed by atoms with Crippen molar-refractivity contribution in [2.75, 3.05) is 47.1 Å². The summed E-state index contributed by atoms with van der Waals surface area (Å²) in [7, 11) is 3.46. The van der Waals surface area contributed by atoms with Crippen molar-refractivity contribution in [3.05, 3.63) is 71.4 Å². The van der Waals surface area contributed by atoms with Crippen LogP contribution in [0.25, 0.3) is 5.65 Å². The van der Waals surface area contributed by atoms with Gasteiger partial charge in [-0.1, -0.05) is 58.9 Å². The van der Waals surface area contributed by atoms with Gasteiger partial charge < -0.3 is 24.4 Å². The molecule has 50 heavy (non-hydrogen) atoms. The van der Waals surface area contributed by atoms with Gasteiger partial charge in [-0.25, -0.2) is 4.79 Å². The predicted octanol–water partition coefficient (Wildman–Crippen LogP) is 5.62. The fraction of sp³-hybridized carbons (Fsp3) is 0.579. The van der Waals surface area contributed by atoms with E-state index in [0.717, 1.165) is 65.8 Å². The molecule has 4 heterocycles. The number of benzene rings is 1. The summed E-state index contributed by atoms with van der Waals surface area (Å²) in [6.07, 6.45) is 5.57. The highest BCUT2D eigenvalue weighted by Crippen LogP contribution is 2.39. The summed E-state index contributed by atoms with van der Waals surface area (Å²) in [6, 6.07) is 11.7. The number of pyridine rings is 1.